The Balaban J connectivity index is 1.32. The van der Waals surface area contributed by atoms with Gasteiger partial charge in [0.1, 0.15) is 17.3 Å². The van der Waals surface area contributed by atoms with Crippen molar-refractivity contribution < 1.29 is 14.3 Å². The lowest BCUT2D eigenvalue weighted by Gasteiger charge is -2.11. The molecule has 6 heteroatoms. The van der Waals surface area contributed by atoms with Crippen molar-refractivity contribution >= 4 is 16.9 Å². The average Bonchev–Trinajstić information content (AvgIpc) is 3.19. The van der Waals surface area contributed by atoms with Crippen LogP contribution in [0.1, 0.15) is 23.4 Å². The number of fused-ring (bicyclic) bond motifs is 1. The van der Waals surface area contributed by atoms with Crippen LogP contribution in [0.15, 0.2) is 72.8 Å². The number of hydrogen-bond donors (Lipinski definition) is 1. The van der Waals surface area contributed by atoms with Gasteiger partial charge >= 0.3 is 0 Å². The molecule has 4 rings (SSSR count). The predicted octanol–water partition coefficient (Wildman–Crippen LogP) is 4.72. The number of rotatable bonds is 11. The van der Waals surface area contributed by atoms with Gasteiger partial charge in [-0.05, 0) is 60.9 Å². The fourth-order valence-electron chi connectivity index (χ4n) is 3.99. The van der Waals surface area contributed by atoms with E-state index in [1.165, 1.54) is 5.56 Å². The Hall–Kier alpha value is -3.80. The monoisotopic (exact) mass is 457 g/mol. The van der Waals surface area contributed by atoms with Gasteiger partial charge in [0.2, 0.25) is 5.91 Å². The Morgan fingerprint density at radius 3 is 2.62 bits per heavy atom. The maximum absolute atomic E-state index is 12.4. The smallest absolute Gasteiger partial charge is 0.224 e. The van der Waals surface area contributed by atoms with Gasteiger partial charge in [0.05, 0.1) is 31.2 Å². The van der Waals surface area contributed by atoms with Gasteiger partial charge < -0.3 is 19.4 Å². The van der Waals surface area contributed by atoms with E-state index in [4.69, 9.17) is 14.5 Å². The average molecular weight is 458 g/mol. The highest BCUT2D eigenvalue weighted by atomic mass is 16.5. The minimum Gasteiger partial charge on any atom is -0.497 e. The summed E-state index contributed by atoms with van der Waals surface area (Å²) in [7, 11) is 1.63. The third-order valence-corrected chi connectivity index (χ3v) is 5.71. The molecule has 0 aliphatic rings. The number of amides is 1. The number of aromatic nitrogens is 2. The van der Waals surface area contributed by atoms with Gasteiger partial charge in [-0.3, -0.25) is 4.79 Å². The second-order valence-corrected chi connectivity index (χ2v) is 8.31. The molecule has 3 aromatic carbocycles. The van der Waals surface area contributed by atoms with E-state index in [0.717, 1.165) is 46.9 Å². The number of hydrogen-bond acceptors (Lipinski definition) is 4. The number of ether oxygens (including phenoxy) is 2. The minimum absolute atomic E-state index is 0.000572. The van der Waals surface area contributed by atoms with Gasteiger partial charge in [-0.25, -0.2) is 4.98 Å². The molecule has 0 atom stereocenters. The first-order chi connectivity index (χ1) is 16.6. The summed E-state index contributed by atoms with van der Waals surface area (Å²) in [6, 6.07) is 23.8. The van der Waals surface area contributed by atoms with Gasteiger partial charge in [-0.1, -0.05) is 36.4 Å². The van der Waals surface area contributed by atoms with Crippen LogP contribution in [0.2, 0.25) is 0 Å². The van der Waals surface area contributed by atoms with Crippen molar-refractivity contribution in [3.05, 3.63) is 89.7 Å². The first kappa shape index (κ1) is 23.4. The zero-order valence-electron chi connectivity index (χ0n) is 19.8. The molecule has 1 aromatic heterocycles. The quantitative estimate of drug-likeness (QED) is 0.331. The fraction of sp³-hybridized carbons (Fsp3) is 0.286. The van der Waals surface area contributed by atoms with Gasteiger partial charge in [-0.2, -0.15) is 0 Å². The van der Waals surface area contributed by atoms with Crippen LogP contribution >= 0.6 is 0 Å². The number of aryl methyl sites for hydroxylation is 2. The lowest BCUT2D eigenvalue weighted by atomic mass is 10.1. The van der Waals surface area contributed by atoms with Gasteiger partial charge in [-0.15, -0.1) is 0 Å². The Morgan fingerprint density at radius 2 is 1.82 bits per heavy atom. The number of nitrogens with one attached hydrogen (secondary N) is 1. The first-order valence-corrected chi connectivity index (χ1v) is 11.7. The van der Waals surface area contributed by atoms with Gasteiger partial charge in [0, 0.05) is 19.5 Å². The molecular weight excluding hydrogens is 426 g/mol. The van der Waals surface area contributed by atoms with Crippen LogP contribution in [0.4, 0.5) is 0 Å². The molecule has 0 radical (unpaired) electrons. The van der Waals surface area contributed by atoms with E-state index in [0.29, 0.717) is 26.0 Å². The molecule has 0 bridgehead atoms. The summed E-state index contributed by atoms with van der Waals surface area (Å²) in [5.41, 5.74) is 4.23. The number of nitrogens with zero attached hydrogens (tertiary/aromatic N) is 2. The van der Waals surface area contributed by atoms with Gasteiger partial charge in [0.15, 0.2) is 0 Å². The molecule has 4 aromatic rings. The van der Waals surface area contributed by atoms with Gasteiger partial charge in [0.25, 0.3) is 0 Å². The standard InChI is InChI=1S/C28H31N3O3/c1-21-7-5-8-24(19-21)34-18-6-17-31-26-10-4-3-9-25(26)30-27(31)15-16-29-28(32)20-22-11-13-23(33-2)14-12-22/h3-5,7-14,19H,6,15-18,20H2,1-2H3,(H,29,32). The molecule has 0 aliphatic heterocycles. The van der Waals surface area contributed by atoms with E-state index >= 15 is 0 Å². The second kappa shape index (κ2) is 11.4. The summed E-state index contributed by atoms with van der Waals surface area (Å²) >= 11 is 0. The molecule has 0 unspecified atom stereocenters. The lowest BCUT2D eigenvalue weighted by molar-refractivity contribution is -0.120. The molecule has 34 heavy (non-hydrogen) atoms. The molecule has 6 nitrogen and oxygen atoms in total. The Kier molecular flexibility index (Phi) is 7.81. The maximum atomic E-state index is 12.4. The predicted molar refractivity (Wildman–Crippen MR) is 134 cm³/mol. The van der Waals surface area contributed by atoms with E-state index in [-0.39, 0.29) is 5.91 Å². The topological polar surface area (TPSA) is 65.4 Å². The molecule has 0 spiro atoms. The van der Waals surface area contributed by atoms with E-state index in [2.05, 4.69) is 28.9 Å². The van der Waals surface area contributed by atoms with Crippen molar-refractivity contribution in [3.63, 3.8) is 0 Å². The van der Waals surface area contributed by atoms with E-state index < -0.39 is 0 Å². The van der Waals surface area contributed by atoms with Crippen LogP contribution in [0.3, 0.4) is 0 Å². The first-order valence-electron chi connectivity index (χ1n) is 11.7. The fourth-order valence-corrected chi connectivity index (χ4v) is 3.99. The summed E-state index contributed by atoms with van der Waals surface area (Å²) < 4.78 is 13.3. The number of imidazole rings is 1. The van der Waals surface area contributed by atoms with Crippen LogP contribution in [-0.2, 0) is 24.2 Å². The van der Waals surface area contributed by atoms with Crippen LogP contribution < -0.4 is 14.8 Å². The summed E-state index contributed by atoms with van der Waals surface area (Å²) in [6.07, 6.45) is 1.88. The summed E-state index contributed by atoms with van der Waals surface area (Å²) in [5, 5.41) is 3.03. The van der Waals surface area contributed by atoms with E-state index in [1.807, 2.05) is 60.7 Å². The third-order valence-electron chi connectivity index (χ3n) is 5.71. The minimum atomic E-state index is -0.000572. The third kappa shape index (κ3) is 6.16. The van der Waals surface area contributed by atoms with Crippen molar-refractivity contribution in [2.75, 3.05) is 20.3 Å². The number of para-hydroxylation sites is 2. The lowest BCUT2D eigenvalue weighted by Crippen LogP contribution is -2.28. The summed E-state index contributed by atoms with van der Waals surface area (Å²) in [5.74, 6) is 2.66. The normalized spacial score (nSPS) is 10.9. The SMILES string of the molecule is COc1ccc(CC(=O)NCCc2nc3ccccc3n2CCCOc2cccc(C)c2)cc1. The summed E-state index contributed by atoms with van der Waals surface area (Å²) in [4.78, 5) is 17.2. The van der Waals surface area contributed by atoms with Crippen molar-refractivity contribution in [1.29, 1.82) is 0 Å². The Morgan fingerprint density at radius 1 is 1.00 bits per heavy atom. The zero-order chi connectivity index (χ0) is 23.8. The van der Waals surface area contributed by atoms with Crippen LogP contribution in [0, 0.1) is 6.92 Å². The van der Waals surface area contributed by atoms with Crippen LogP contribution in [0.25, 0.3) is 11.0 Å². The van der Waals surface area contributed by atoms with Crippen LogP contribution in [-0.4, -0.2) is 35.7 Å². The molecule has 0 saturated heterocycles. The second-order valence-electron chi connectivity index (χ2n) is 8.31. The van der Waals surface area contributed by atoms with Crippen molar-refractivity contribution in [1.82, 2.24) is 14.9 Å². The van der Waals surface area contributed by atoms with E-state index in [1.54, 1.807) is 7.11 Å². The Labute approximate surface area is 200 Å². The Bertz CT molecular complexity index is 1230. The molecule has 1 heterocycles. The van der Waals surface area contributed by atoms with Crippen molar-refractivity contribution in [2.24, 2.45) is 0 Å². The molecule has 1 N–H and O–H groups in total. The number of carbonyl (C=O) groups excluding carboxylic acids is 1. The highest BCUT2D eigenvalue weighted by Gasteiger charge is 2.11. The number of benzene rings is 3. The molecule has 0 saturated carbocycles. The zero-order valence-corrected chi connectivity index (χ0v) is 19.8. The maximum Gasteiger partial charge on any atom is 0.224 e. The van der Waals surface area contributed by atoms with Crippen LogP contribution in [0.5, 0.6) is 11.5 Å². The van der Waals surface area contributed by atoms with E-state index in [9.17, 15) is 4.79 Å². The molecule has 1 amide bonds. The highest BCUT2D eigenvalue weighted by Crippen LogP contribution is 2.18. The van der Waals surface area contributed by atoms with Crippen molar-refractivity contribution in [3.8, 4) is 11.5 Å². The van der Waals surface area contributed by atoms with Crippen molar-refractivity contribution in [2.45, 2.75) is 32.7 Å². The molecule has 0 aliphatic carbocycles. The number of carbonyl (C=O) groups is 1. The molecule has 0 fully saturated rings. The summed E-state index contributed by atoms with van der Waals surface area (Å²) in [6.45, 7) is 4.04. The number of methoxy groups -OCH3 is 1. The highest BCUT2D eigenvalue weighted by molar-refractivity contribution is 5.78. The molecule has 176 valence electrons. The molecular formula is C28H31N3O3. The largest absolute Gasteiger partial charge is 0.497 e.